The standard InChI is InChI=1S/C16H21N3O4/c1-3-4-17-15(20)9-19-12-8-14-13(22-5-6-23-14)7-11(12)18-10(2)16(19)21/h7-8,10,18H,3-6,9H2,1-2H3,(H,17,20). The molecule has 0 aromatic heterocycles. The molecular formula is C16H21N3O4. The number of rotatable bonds is 4. The van der Waals surface area contributed by atoms with E-state index >= 15 is 0 Å². The van der Waals surface area contributed by atoms with Gasteiger partial charge in [-0.1, -0.05) is 6.92 Å². The molecule has 2 heterocycles. The van der Waals surface area contributed by atoms with E-state index in [1.54, 1.807) is 13.0 Å². The third-order valence-corrected chi connectivity index (χ3v) is 3.83. The second-order valence-electron chi connectivity index (χ2n) is 5.65. The minimum atomic E-state index is -0.399. The van der Waals surface area contributed by atoms with E-state index in [0.29, 0.717) is 36.9 Å². The van der Waals surface area contributed by atoms with Crippen molar-refractivity contribution in [1.29, 1.82) is 0 Å². The van der Waals surface area contributed by atoms with Crippen LogP contribution in [0.2, 0.25) is 0 Å². The molecule has 0 saturated carbocycles. The van der Waals surface area contributed by atoms with E-state index in [0.717, 1.165) is 12.1 Å². The van der Waals surface area contributed by atoms with Crippen molar-refractivity contribution in [2.45, 2.75) is 26.3 Å². The molecule has 1 aromatic rings. The molecule has 7 nitrogen and oxygen atoms in total. The molecule has 23 heavy (non-hydrogen) atoms. The third kappa shape index (κ3) is 3.04. The molecule has 124 valence electrons. The summed E-state index contributed by atoms with van der Waals surface area (Å²) < 4.78 is 11.2. The van der Waals surface area contributed by atoms with Crippen LogP contribution in [0.15, 0.2) is 12.1 Å². The maximum Gasteiger partial charge on any atom is 0.249 e. The first-order valence-corrected chi connectivity index (χ1v) is 7.88. The van der Waals surface area contributed by atoms with Gasteiger partial charge in [-0.3, -0.25) is 14.5 Å². The van der Waals surface area contributed by atoms with Gasteiger partial charge in [0.1, 0.15) is 25.8 Å². The summed E-state index contributed by atoms with van der Waals surface area (Å²) in [5.74, 6) is 0.938. The van der Waals surface area contributed by atoms with Gasteiger partial charge in [-0.15, -0.1) is 0 Å². The number of hydrogen-bond donors (Lipinski definition) is 2. The molecule has 2 aliphatic rings. The summed E-state index contributed by atoms with van der Waals surface area (Å²) in [5.41, 5.74) is 1.41. The van der Waals surface area contributed by atoms with Gasteiger partial charge < -0.3 is 20.1 Å². The van der Waals surface area contributed by atoms with Crippen molar-refractivity contribution in [3.63, 3.8) is 0 Å². The lowest BCUT2D eigenvalue weighted by molar-refractivity contribution is -0.124. The number of amides is 2. The summed E-state index contributed by atoms with van der Waals surface area (Å²) in [5, 5.41) is 5.95. The normalized spacial score (nSPS) is 19.0. The third-order valence-electron chi connectivity index (χ3n) is 3.83. The maximum absolute atomic E-state index is 12.5. The molecule has 3 rings (SSSR count). The lowest BCUT2D eigenvalue weighted by atomic mass is 10.1. The summed E-state index contributed by atoms with van der Waals surface area (Å²) >= 11 is 0. The highest BCUT2D eigenvalue weighted by Gasteiger charge is 2.32. The minimum Gasteiger partial charge on any atom is -0.486 e. The number of carbonyl (C=O) groups is 2. The number of carbonyl (C=O) groups excluding carboxylic acids is 2. The van der Waals surface area contributed by atoms with Gasteiger partial charge in [0.05, 0.1) is 11.4 Å². The fraction of sp³-hybridized carbons (Fsp3) is 0.500. The number of ether oxygens (including phenoxy) is 2. The predicted molar refractivity (Wildman–Crippen MR) is 86.2 cm³/mol. The van der Waals surface area contributed by atoms with E-state index in [2.05, 4.69) is 10.6 Å². The van der Waals surface area contributed by atoms with Gasteiger partial charge in [0.25, 0.3) is 0 Å². The highest BCUT2D eigenvalue weighted by Crippen LogP contribution is 2.42. The van der Waals surface area contributed by atoms with Gasteiger partial charge in [0.2, 0.25) is 11.8 Å². The summed E-state index contributed by atoms with van der Waals surface area (Å²) in [6.07, 6.45) is 0.854. The van der Waals surface area contributed by atoms with Gasteiger partial charge in [-0.05, 0) is 13.3 Å². The molecule has 1 aromatic carbocycles. The topological polar surface area (TPSA) is 79.9 Å². The smallest absolute Gasteiger partial charge is 0.249 e. The zero-order chi connectivity index (χ0) is 16.4. The SMILES string of the molecule is CCCNC(=O)CN1C(=O)C(C)Nc2cc3c(cc21)OCCO3. The fourth-order valence-electron chi connectivity index (χ4n) is 2.69. The highest BCUT2D eigenvalue weighted by molar-refractivity contribution is 6.08. The second-order valence-corrected chi connectivity index (χ2v) is 5.65. The largest absolute Gasteiger partial charge is 0.486 e. The average Bonchev–Trinajstić information content (AvgIpc) is 2.55. The number of nitrogens with zero attached hydrogens (tertiary/aromatic N) is 1. The second kappa shape index (κ2) is 6.36. The molecule has 2 N–H and O–H groups in total. The number of benzene rings is 1. The Labute approximate surface area is 134 Å². The van der Waals surface area contributed by atoms with Crippen molar-refractivity contribution in [2.75, 3.05) is 36.5 Å². The Morgan fingerprint density at radius 2 is 2.04 bits per heavy atom. The van der Waals surface area contributed by atoms with Crippen LogP contribution in [0.4, 0.5) is 11.4 Å². The summed E-state index contributed by atoms with van der Waals surface area (Å²) in [6.45, 7) is 5.33. The molecule has 0 radical (unpaired) electrons. The van der Waals surface area contributed by atoms with Gasteiger partial charge in [0, 0.05) is 18.7 Å². The monoisotopic (exact) mass is 319 g/mol. The number of nitrogens with one attached hydrogen (secondary N) is 2. The number of anilines is 2. The number of fused-ring (bicyclic) bond motifs is 2. The first kappa shape index (κ1) is 15.5. The van der Waals surface area contributed by atoms with Crippen molar-refractivity contribution >= 4 is 23.2 Å². The molecule has 7 heteroatoms. The molecule has 0 spiro atoms. The molecule has 2 aliphatic heterocycles. The van der Waals surface area contributed by atoms with Gasteiger partial charge >= 0.3 is 0 Å². The van der Waals surface area contributed by atoms with Crippen molar-refractivity contribution in [2.24, 2.45) is 0 Å². The van der Waals surface area contributed by atoms with Crippen LogP contribution < -0.4 is 25.0 Å². The molecule has 2 amide bonds. The van der Waals surface area contributed by atoms with Gasteiger partial charge in [0.15, 0.2) is 11.5 Å². The van der Waals surface area contributed by atoms with Crippen molar-refractivity contribution in [1.82, 2.24) is 5.32 Å². The Bertz CT molecular complexity index is 632. The summed E-state index contributed by atoms with van der Waals surface area (Å²) in [4.78, 5) is 26.0. The van der Waals surface area contributed by atoms with Crippen LogP contribution in [0.1, 0.15) is 20.3 Å². The van der Waals surface area contributed by atoms with Crippen molar-refractivity contribution in [3.05, 3.63) is 12.1 Å². The van der Waals surface area contributed by atoms with Crippen LogP contribution in [-0.2, 0) is 9.59 Å². The van der Waals surface area contributed by atoms with E-state index in [9.17, 15) is 9.59 Å². The minimum absolute atomic E-state index is 0.00248. The first-order valence-electron chi connectivity index (χ1n) is 7.88. The Kier molecular flexibility index (Phi) is 4.27. The molecule has 0 bridgehead atoms. The van der Waals surface area contributed by atoms with Crippen LogP contribution in [0.25, 0.3) is 0 Å². The van der Waals surface area contributed by atoms with Gasteiger partial charge in [-0.25, -0.2) is 0 Å². The lowest BCUT2D eigenvalue weighted by Crippen LogP contribution is -2.49. The molecule has 1 unspecified atom stereocenters. The average molecular weight is 319 g/mol. The van der Waals surface area contributed by atoms with Crippen LogP contribution in [0.5, 0.6) is 11.5 Å². The van der Waals surface area contributed by atoms with Crippen molar-refractivity contribution in [3.8, 4) is 11.5 Å². The summed E-state index contributed by atoms with van der Waals surface area (Å²) in [7, 11) is 0. The van der Waals surface area contributed by atoms with E-state index in [1.807, 2.05) is 13.0 Å². The maximum atomic E-state index is 12.5. The predicted octanol–water partition coefficient (Wildman–Crippen LogP) is 1.13. The Hall–Kier alpha value is -2.44. The molecule has 0 saturated heterocycles. The highest BCUT2D eigenvalue weighted by atomic mass is 16.6. The molecular weight excluding hydrogens is 298 g/mol. The van der Waals surface area contributed by atoms with E-state index < -0.39 is 6.04 Å². The lowest BCUT2D eigenvalue weighted by Gasteiger charge is -2.34. The molecule has 1 atom stereocenters. The summed E-state index contributed by atoms with van der Waals surface area (Å²) in [6, 6.07) is 3.18. The van der Waals surface area contributed by atoms with Crippen LogP contribution in [0, 0.1) is 0 Å². The van der Waals surface area contributed by atoms with Crippen LogP contribution in [0.3, 0.4) is 0 Å². The van der Waals surface area contributed by atoms with Crippen LogP contribution in [-0.4, -0.2) is 44.2 Å². The Balaban J connectivity index is 1.90. The molecule has 0 fully saturated rings. The van der Waals surface area contributed by atoms with E-state index in [1.165, 1.54) is 4.90 Å². The molecule has 0 aliphatic carbocycles. The Morgan fingerprint density at radius 3 is 2.74 bits per heavy atom. The quantitative estimate of drug-likeness (QED) is 0.870. The van der Waals surface area contributed by atoms with Crippen LogP contribution >= 0.6 is 0 Å². The Morgan fingerprint density at radius 1 is 1.35 bits per heavy atom. The van der Waals surface area contributed by atoms with E-state index in [-0.39, 0.29) is 18.4 Å². The first-order chi connectivity index (χ1) is 11.1. The van der Waals surface area contributed by atoms with Crippen molar-refractivity contribution < 1.29 is 19.1 Å². The fourth-order valence-corrected chi connectivity index (χ4v) is 2.69. The van der Waals surface area contributed by atoms with E-state index in [4.69, 9.17) is 9.47 Å². The zero-order valence-corrected chi connectivity index (χ0v) is 13.3. The van der Waals surface area contributed by atoms with Gasteiger partial charge in [-0.2, -0.15) is 0 Å². The zero-order valence-electron chi connectivity index (χ0n) is 13.3. The number of hydrogen-bond acceptors (Lipinski definition) is 5.